The number of nitro groups is 1. The number of rotatable bonds is 8. The van der Waals surface area contributed by atoms with E-state index in [0.29, 0.717) is 5.56 Å². The van der Waals surface area contributed by atoms with Crippen molar-refractivity contribution in [1.82, 2.24) is 10.6 Å². The molecule has 2 rings (SSSR count). The molecule has 1 aromatic carbocycles. The van der Waals surface area contributed by atoms with E-state index < -0.39 is 16.9 Å². The highest BCUT2D eigenvalue weighted by Crippen LogP contribution is 2.28. The van der Waals surface area contributed by atoms with E-state index in [9.17, 15) is 19.7 Å². The summed E-state index contributed by atoms with van der Waals surface area (Å²) >= 11 is 0. The summed E-state index contributed by atoms with van der Waals surface area (Å²) in [5.74, 6) is -0.759. The standard InChI is InChI=1S/C18H25N3O5/c1-11(2)26-17(22)8-15(14-6-4-5-7-16(14)21(24)25)20-18(23)12(3)13-9-19-10-13/h4-7,11-13,15,19H,8-10H2,1-3H3,(H,20,23). The number of nitrogens with zero attached hydrogens (tertiary/aromatic N) is 1. The highest BCUT2D eigenvalue weighted by molar-refractivity contribution is 5.80. The number of para-hydroxylation sites is 1. The number of carbonyl (C=O) groups excluding carboxylic acids is 2. The number of hydrogen-bond acceptors (Lipinski definition) is 6. The SMILES string of the molecule is CC(C)OC(=O)CC(NC(=O)C(C)C1CNC1)c1ccccc1[N+](=O)[O-]. The number of ether oxygens (including phenoxy) is 1. The molecule has 8 nitrogen and oxygen atoms in total. The van der Waals surface area contributed by atoms with Crippen molar-refractivity contribution in [3.63, 3.8) is 0 Å². The Bertz CT molecular complexity index is 673. The van der Waals surface area contributed by atoms with Crippen LogP contribution in [0, 0.1) is 22.0 Å². The molecular weight excluding hydrogens is 338 g/mol. The van der Waals surface area contributed by atoms with Gasteiger partial charge in [-0.05, 0) is 32.9 Å². The fourth-order valence-electron chi connectivity index (χ4n) is 2.85. The molecule has 26 heavy (non-hydrogen) atoms. The molecule has 8 heteroatoms. The maximum absolute atomic E-state index is 12.6. The minimum absolute atomic E-state index is 0.131. The van der Waals surface area contributed by atoms with Gasteiger partial charge in [-0.2, -0.15) is 0 Å². The quantitative estimate of drug-likeness (QED) is 0.415. The third kappa shape index (κ3) is 5.01. The molecule has 1 aliphatic rings. The minimum Gasteiger partial charge on any atom is -0.463 e. The molecule has 0 bridgehead atoms. The second kappa shape index (κ2) is 8.75. The predicted molar refractivity (Wildman–Crippen MR) is 95.3 cm³/mol. The number of amides is 1. The van der Waals surface area contributed by atoms with Crippen LogP contribution in [0.3, 0.4) is 0 Å². The number of nitrogens with one attached hydrogen (secondary N) is 2. The lowest BCUT2D eigenvalue weighted by Crippen LogP contribution is -2.50. The normalized spacial score (nSPS) is 16.5. The Hall–Kier alpha value is -2.48. The molecule has 2 atom stereocenters. The van der Waals surface area contributed by atoms with Crippen molar-refractivity contribution in [3.05, 3.63) is 39.9 Å². The number of carbonyl (C=O) groups is 2. The van der Waals surface area contributed by atoms with Crippen molar-refractivity contribution in [1.29, 1.82) is 0 Å². The monoisotopic (exact) mass is 363 g/mol. The lowest BCUT2D eigenvalue weighted by Gasteiger charge is -2.32. The predicted octanol–water partition coefficient (Wildman–Crippen LogP) is 1.95. The van der Waals surface area contributed by atoms with Crippen LogP contribution in [0.25, 0.3) is 0 Å². The number of esters is 1. The molecular formula is C18H25N3O5. The molecule has 1 saturated heterocycles. The first-order valence-electron chi connectivity index (χ1n) is 8.73. The molecule has 1 fully saturated rings. The van der Waals surface area contributed by atoms with Crippen LogP contribution in [0.2, 0.25) is 0 Å². The van der Waals surface area contributed by atoms with Gasteiger partial charge in [0.05, 0.1) is 29.1 Å². The van der Waals surface area contributed by atoms with Crippen LogP contribution in [0.15, 0.2) is 24.3 Å². The summed E-state index contributed by atoms with van der Waals surface area (Å²) in [6.07, 6.45) is -0.464. The van der Waals surface area contributed by atoms with Gasteiger partial charge in [0.15, 0.2) is 0 Å². The minimum atomic E-state index is -0.814. The maximum atomic E-state index is 12.6. The van der Waals surface area contributed by atoms with Gasteiger partial charge in [0.2, 0.25) is 5.91 Å². The van der Waals surface area contributed by atoms with E-state index in [-0.39, 0.29) is 36.0 Å². The molecule has 1 aliphatic heterocycles. The summed E-state index contributed by atoms with van der Waals surface area (Å²) in [6.45, 7) is 6.80. The molecule has 0 spiro atoms. The summed E-state index contributed by atoms with van der Waals surface area (Å²) < 4.78 is 5.15. The number of nitro benzene ring substituents is 1. The van der Waals surface area contributed by atoms with Crippen molar-refractivity contribution in [2.45, 2.75) is 39.3 Å². The van der Waals surface area contributed by atoms with Crippen LogP contribution in [-0.2, 0) is 14.3 Å². The Morgan fingerprint density at radius 1 is 1.31 bits per heavy atom. The largest absolute Gasteiger partial charge is 0.463 e. The van der Waals surface area contributed by atoms with Crippen LogP contribution in [-0.4, -0.2) is 36.0 Å². The summed E-state index contributed by atoms with van der Waals surface area (Å²) in [5.41, 5.74) is 0.165. The topological polar surface area (TPSA) is 111 Å². The summed E-state index contributed by atoms with van der Waals surface area (Å²) in [6, 6.07) is 5.30. The average molecular weight is 363 g/mol. The van der Waals surface area contributed by atoms with E-state index in [0.717, 1.165) is 13.1 Å². The van der Waals surface area contributed by atoms with Gasteiger partial charge in [-0.25, -0.2) is 0 Å². The zero-order valence-corrected chi connectivity index (χ0v) is 15.2. The fraction of sp³-hybridized carbons (Fsp3) is 0.556. The van der Waals surface area contributed by atoms with E-state index in [1.807, 2.05) is 6.92 Å². The van der Waals surface area contributed by atoms with Crippen molar-refractivity contribution in [3.8, 4) is 0 Å². The second-order valence-electron chi connectivity index (χ2n) is 6.83. The Balaban J connectivity index is 2.22. The molecule has 1 amide bonds. The molecule has 1 aromatic rings. The van der Waals surface area contributed by atoms with Gasteiger partial charge in [-0.3, -0.25) is 19.7 Å². The Morgan fingerprint density at radius 2 is 1.96 bits per heavy atom. The van der Waals surface area contributed by atoms with Gasteiger partial charge in [0, 0.05) is 12.0 Å². The van der Waals surface area contributed by atoms with Crippen molar-refractivity contribution in [2.24, 2.45) is 11.8 Å². The van der Waals surface area contributed by atoms with Gasteiger partial charge >= 0.3 is 5.97 Å². The van der Waals surface area contributed by atoms with Gasteiger partial charge < -0.3 is 15.4 Å². The lowest BCUT2D eigenvalue weighted by molar-refractivity contribution is -0.385. The van der Waals surface area contributed by atoms with E-state index in [1.54, 1.807) is 32.0 Å². The number of benzene rings is 1. The van der Waals surface area contributed by atoms with Crippen LogP contribution in [0.5, 0.6) is 0 Å². The van der Waals surface area contributed by atoms with Crippen LogP contribution < -0.4 is 10.6 Å². The first kappa shape index (κ1) is 19.8. The highest BCUT2D eigenvalue weighted by Gasteiger charge is 2.32. The van der Waals surface area contributed by atoms with Gasteiger partial charge in [0.1, 0.15) is 0 Å². The highest BCUT2D eigenvalue weighted by atomic mass is 16.6. The first-order chi connectivity index (χ1) is 12.3. The van der Waals surface area contributed by atoms with Crippen LogP contribution in [0.4, 0.5) is 5.69 Å². The summed E-state index contributed by atoms with van der Waals surface area (Å²) in [4.78, 5) is 35.5. The van der Waals surface area contributed by atoms with Gasteiger partial charge in [0.25, 0.3) is 5.69 Å². The molecule has 0 radical (unpaired) electrons. The van der Waals surface area contributed by atoms with Crippen molar-refractivity contribution >= 4 is 17.6 Å². The summed E-state index contributed by atoms with van der Waals surface area (Å²) in [5, 5.41) is 17.3. The van der Waals surface area contributed by atoms with Gasteiger partial charge in [-0.15, -0.1) is 0 Å². The molecule has 0 aromatic heterocycles. The van der Waals surface area contributed by atoms with E-state index in [4.69, 9.17) is 4.74 Å². The Kier molecular flexibility index (Phi) is 6.68. The molecule has 2 N–H and O–H groups in total. The molecule has 142 valence electrons. The second-order valence-corrected chi connectivity index (χ2v) is 6.83. The van der Waals surface area contributed by atoms with Gasteiger partial charge in [-0.1, -0.05) is 25.1 Å². The van der Waals surface area contributed by atoms with Crippen molar-refractivity contribution in [2.75, 3.05) is 13.1 Å². The summed E-state index contributed by atoms with van der Waals surface area (Å²) in [7, 11) is 0. The first-order valence-corrected chi connectivity index (χ1v) is 8.73. The lowest BCUT2D eigenvalue weighted by atomic mass is 9.88. The van der Waals surface area contributed by atoms with Crippen LogP contribution in [0.1, 0.15) is 38.8 Å². The molecule has 0 saturated carbocycles. The zero-order chi connectivity index (χ0) is 19.3. The van der Waals surface area contributed by atoms with E-state index in [1.165, 1.54) is 6.07 Å². The maximum Gasteiger partial charge on any atom is 0.308 e. The smallest absolute Gasteiger partial charge is 0.308 e. The zero-order valence-electron chi connectivity index (χ0n) is 15.2. The number of hydrogen-bond donors (Lipinski definition) is 2. The molecule has 1 heterocycles. The Morgan fingerprint density at radius 3 is 2.50 bits per heavy atom. The average Bonchev–Trinajstić information content (AvgIpc) is 2.51. The third-order valence-corrected chi connectivity index (χ3v) is 4.50. The Labute approximate surface area is 152 Å². The van der Waals surface area contributed by atoms with E-state index in [2.05, 4.69) is 10.6 Å². The molecule has 2 unspecified atom stereocenters. The fourth-order valence-corrected chi connectivity index (χ4v) is 2.85. The van der Waals surface area contributed by atoms with Crippen LogP contribution >= 0.6 is 0 Å². The molecule has 0 aliphatic carbocycles. The van der Waals surface area contributed by atoms with Crippen molar-refractivity contribution < 1.29 is 19.2 Å². The third-order valence-electron chi connectivity index (χ3n) is 4.50. The van der Waals surface area contributed by atoms with E-state index >= 15 is 0 Å².